The molecule has 0 radical (unpaired) electrons. The van der Waals surface area contributed by atoms with Crippen molar-refractivity contribution >= 4 is 54.3 Å². The molecule has 0 aromatic heterocycles. The van der Waals surface area contributed by atoms with E-state index >= 15 is 0 Å². The number of hydrogen-bond donors (Lipinski definition) is 0. The first kappa shape index (κ1) is 22.9. The highest BCUT2D eigenvalue weighted by atomic mass is 127. The van der Waals surface area contributed by atoms with Crippen molar-refractivity contribution < 1.29 is 0 Å². The van der Waals surface area contributed by atoms with Crippen molar-refractivity contribution in [3.05, 3.63) is 136 Å². The highest BCUT2D eigenvalue weighted by Gasteiger charge is 2.20. The van der Waals surface area contributed by atoms with E-state index in [9.17, 15) is 0 Å². The third-order valence-corrected chi connectivity index (χ3v) is 11.3. The summed E-state index contributed by atoms with van der Waals surface area (Å²) < 4.78 is 1.40. The van der Waals surface area contributed by atoms with Crippen molar-refractivity contribution in [1.82, 2.24) is 0 Å². The Labute approximate surface area is 196 Å². The van der Waals surface area contributed by atoms with Gasteiger partial charge in [0.05, 0.1) is 0 Å². The summed E-state index contributed by atoms with van der Waals surface area (Å²) in [5.74, 6) is 2.49. The lowest BCUT2D eigenvalue weighted by atomic mass is 10.4. The molecule has 0 aliphatic carbocycles. The molecule has 1 atom stereocenters. The van der Waals surface area contributed by atoms with Gasteiger partial charge in [0, 0.05) is 3.32 Å². The molecule has 0 heterocycles. The van der Waals surface area contributed by atoms with Crippen LogP contribution in [0.4, 0.5) is 0 Å². The first-order chi connectivity index (χ1) is 14.7. The molecule has 3 aromatic carbocycles. The lowest BCUT2D eigenvalue weighted by Gasteiger charge is -2.22. The van der Waals surface area contributed by atoms with Gasteiger partial charge in [-0.1, -0.05) is 122 Å². The van der Waals surface area contributed by atoms with Gasteiger partial charge in [-0.15, -0.1) is 0 Å². The summed E-state index contributed by atoms with van der Waals surface area (Å²) in [5.41, 5.74) is 0. The summed E-state index contributed by atoms with van der Waals surface area (Å²) in [6.45, 7) is 6.02. The monoisotopic (exact) mass is 538 g/mol. The van der Waals surface area contributed by atoms with Crippen LogP contribution in [0.25, 0.3) is 0 Å². The lowest BCUT2D eigenvalue weighted by molar-refractivity contribution is 1.70. The Morgan fingerprint density at radius 1 is 0.767 bits per heavy atom. The van der Waals surface area contributed by atoms with E-state index < -0.39 is 15.8 Å². The molecule has 3 aromatic rings. The van der Waals surface area contributed by atoms with Crippen LogP contribution >= 0.6 is 38.4 Å². The first-order valence-corrected chi connectivity index (χ1v) is 13.6. The van der Waals surface area contributed by atoms with Crippen LogP contribution in [0.2, 0.25) is 0 Å². The number of allylic oxidation sites excluding steroid dienone is 5. The van der Waals surface area contributed by atoms with Crippen molar-refractivity contribution in [3.8, 4) is 0 Å². The second kappa shape index (κ2) is 12.2. The molecule has 0 spiro atoms. The minimum Gasteiger partial charge on any atom is -0.0990 e. The van der Waals surface area contributed by atoms with Gasteiger partial charge in [-0.3, -0.25) is 0 Å². The predicted molar refractivity (Wildman–Crippen MR) is 147 cm³/mol. The van der Waals surface area contributed by atoms with Gasteiger partial charge in [0.1, 0.15) is 0 Å². The third kappa shape index (κ3) is 6.11. The molecule has 30 heavy (non-hydrogen) atoms. The Bertz CT molecular complexity index is 983. The normalized spacial score (nSPS) is 13.6. The number of benzene rings is 3. The first-order valence-electron chi connectivity index (χ1n) is 9.82. The Balaban J connectivity index is 2.14. The van der Waals surface area contributed by atoms with E-state index in [1.807, 2.05) is 6.08 Å². The van der Waals surface area contributed by atoms with E-state index in [-0.39, 0.29) is 0 Å². The van der Waals surface area contributed by atoms with Gasteiger partial charge in [-0.05, 0) is 72.4 Å². The predicted octanol–water partition coefficient (Wildman–Crippen LogP) is 7.81. The molecule has 0 nitrogen and oxygen atoms in total. The van der Waals surface area contributed by atoms with E-state index in [2.05, 4.69) is 151 Å². The molecule has 0 N–H and O–H groups in total. The van der Waals surface area contributed by atoms with Crippen molar-refractivity contribution in [3.63, 3.8) is 0 Å². The van der Waals surface area contributed by atoms with Gasteiger partial charge in [0.15, 0.2) is 0 Å². The van der Waals surface area contributed by atoms with Crippen molar-refractivity contribution in [2.24, 2.45) is 0 Å². The largest absolute Gasteiger partial charge is 0.0990 e. The fourth-order valence-corrected chi connectivity index (χ4v) is 10.0. The molecule has 0 amide bonds. The SMILES string of the molecule is C=C/C=C(\C=C/C)P(/C=C(/I)P(c1ccccc1)c1ccccc1)c1ccccc1. The molecule has 0 saturated heterocycles. The Morgan fingerprint density at radius 2 is 1.23 bits per heavy atom. The van der Waals surface area contributed by atoms with Crippen LogP contribution in [-0.2, 0) is 0 Å². The summed E-state index contributed by atoms with van der Waals surface area (Å²) in [4.78, 5) is 0. The summed E-state index contributed by atoms with van der Waals surface area (Å²) in [6.07, 6.45) is 8.37. The van der Waals surface area contributed by atoms with Crippen molar-refractivity contribution in [1.29, 1.82) is 0 Å². The Morgan fingerprint density at radius 3 is 1.67 bits per heavy atom. The molecule has 1 unspecified atom stereocenters. The van der Waals surface area contributed by atoms with Crippen LogP contribution < -0.4 is 15.9 Å². The van der Waals surface area contributed by atoms with E-state index in [4.69, 9.17) is 0 Å². The van der Waals surface area contributed by atoms with Gasteiger partial charge >= 0.3 is 0 Å². The van der Waals surface area contributed by atoms with Crippen molar-refractivity contribution in [2.45, 2.75) is 6.92 Å². The van der Waals surface area contributed by atoms with Gasteiger partial charge in [-0.25, -0.2) is 0 Å². The van der Waals surface area contributed by atoms with Crippen LogP contribution in [-0.4, -0.2) is 0 Å². The second-order valence-electron chi connectivity index (χ2n) is 6.49. The molecule has 3 rings (SSSR count). The van der Waals surface area contributed by atoms with Crippen LogP contribution in [0.1, 0.15) is 6.92 Å². The van der Waals surface area contributed by atoms with Crippen LogP contribution in [0.5, 0.6) is 0 Å². The molecule has 0 aliphatic rings. The molecule has 0 aliphatic heterocycles. The number of hydrogen-bond acceptors (Lipinski definition) is 0. The number of rotatable bonds is 8. The summed E-state index contributed by atoms with van der Waals surface area (Å²) in [5, 5.41) is 5.41. The maximum absolute atomic E-state index is 3.95. The average molecular weight is 538 g/mol. The fourth-order valence-electron chi connectivity index (χ4n) is 3.11. The summed E-state index contributed by atoms with van der Waals surface area (Å²) in [7, 11) is -1.23. The summed E-state index contributed by atoms with van der Waals surface area (Å²) in [6, 6.07) is 32.6. The smallest absolute Gasteiger partial charge is 0.0242 e. The zero-order chi connectivity index (χ0) is 21.2. The quantitative estimate of drug-likeness (QED) is 0.156. The third-order valence-electron chi connectivity index (χ3n) is 4.42. The van der Waals surface area contributed by atoms with E-state index in [0.29, 0.717) is 0 Å². The Hall–Kier alpha value is -1.79. The average Bonchev–Trinajstić information content (AvgIpc) is 2.80. The standard InChI is InChI=1S/C27H25IP2/c1-3-14-23(15-4-2)29(24-16-8-5-9-17-24)22-27(28)30(25-18-10-6-11-19-25)26-20-12-7-13-21-26/h3-22H,1H2,2H3/b15-4-,23-14+,27-22-. The van der Waals surface area contributed by atoms with Gasteiger partial charge in [0.2, 0.25) is 0 Å². The highest BCUT2D eigenvalue weighted by molar-refractivity contribution is 14.1. The zero-order valence-electron chi connectivity index (χ0n) is 17.0. The van der Waals surface area contributed by atoms with E-state index in [0.717, 1.165) is 0 Å². The minimum absolute atomic E-state index is 0.591. The summed E-state index contributed by atoms with van der Waals surface area (Å²) >= 11 is 2.57. The molecule has 150 valence electrons. The van der Waals surface area contributed by atoms with Crippen LogP contribution in [0.3, 0.4) is 0 Å². The number of halogens is 1. The molecule has 3 heteroatoms. The maximum Gasteiger partial charge on any atom is 0.0242 e. The second-order valence-corrected chi connectivity index (χ2v) is 12.7. The highest BCUT2D eigenvalue weighted by Crippen LogP contribution is 2.55. The van der Waals surface area contributed by atoms with Gasteiger partial charge < -0.3 is 0 Å². The Kier molecular flexibility index (Phi) is 9.27. The molecule has 0 bridgehead atoms. The van der Waals surface area contributed by atoms with Gasteiger partial charge in [-0.2, -0.15) is 0 Å². The van der Waals surface area contributed by atoms with E-state index in [1.54, 1.807) is 0 Å². The molecule has 0 fully saturated rings. The lowest BCUT2D eigenvalue weighted by Crippen LogP contribution is -2.11. The van der Waals surface area contributed by atoms with Crippen LogP contribution in [0, 0.1) is 0 Å². The zero-order valence-corrected chi connectivity index (χ0v) is 21.0. The topological polar surface area (TPSA) is 0 Å². The van der Waals surface area contributed by atoms with Gasteiger partial charge in [0.25, 0.3) is 0 Å². The van der Waals surface area contributed by atoms with Crippen LogP contribution in [0.15, 0.2) is 136 Å². The van der Waals surface area contributed by atoms with Crippen molar-refractivity contribution in [2.75, 3.05) is 0 Å². The molecular formula is C27H25IP2. The maximum atomic E-state index is 3.95. The fraction of sp³-hybridized carbons (Fsp3) is 0.0370. The molecule has 0 saturated carbocycles. The van der Waals surface area contributed by atoms with E-state index in [1.165, 1.54) is 24.5 Å². The molecular weight excluding hydrogens is 513 g/mol. The minimum atomic E-state index is -0.634.